The molecule has 2 aromatic rings. The van der Waals surface area contributed by atoms with Crippen molar-refractivity contribution < 1.29 is 0 Å². The van der Waals surface area contributed by atoms with Crippen LogP contribution in [-0.4, -0.2) is 9.78 Å². The number of rotatable bonds is 1. The van der Waals surface area contributed by atoms with Gasteiger partial charge in [0.25, 0.3) is 0 Å². The Bertz CT molecular complexity index is 375. The van der Waals surface area contributed by atoms with Crippen molar-refractivity contribution in [2.45, 2.75) is 0 Å². The summed E-state index contributed by atoms with van der Waals surface area (Å²) in [5, 5.41) is 7.26. The second kappa shape index (κ2) is 2.21. The number of hydrazine groups is 1. The van der Waals surface area contributed by atoms with Crippen LogP contribution >= 0.6 is 11.3 Å². The van der Waals surface area contributed by atoms with Gasteiger partial charge >= 0.3 is 0 Å². The molecule has 2 rings (SSSR count). The molecule has 0 fully saturated rings. The van der Waals surface area contributed by atoms with Crippen LogP contribution in [0.5, 0.6) is 0 Å². The number of nitrogens with two attached hydrogens (primary N) is 1. The Morgan fingerprint density at radius 1 is 1.73 bits per heavy atom. The van der Waals surface area contributed by atoms with Gasteiger partial charge in [0, 0.05) is 7.05 Å². The molecule has 11 heavy (non-hydrogen) atoms. The fraction of sp³-hybridized carbons (Fsp3) is 0.167. The monoisotopic (exact) mass is 168 g/mol. The average molecular weight is 168 g/mol. The van der Waals surface area contributed by atoms with Crippen LogP contribution in [0.2, 0.25) is 0 Å². The van der Waals surface area contributed by atoms with Gasteiger partial charge in [0.15, 0.2) is 5.82 Å². The Labute approximate surface area is 67.6 Å². The Morgan fingerprint density at radius 2 is 2.55 bits per heavy atom. The van der Waals surface area contributed by atoms with Crippen LogP contribution in [0.25, 0.3) is 10.2 Å². The third kappa shape index (κ3) is 0.816. The molecule has 0 saturated carbocycles. The molecule has 2 heterocycles. The van der Waals surface area contributed by atoms with Crippen LogP contribution in [-0.2, 0) is 7.05 Å². The molecule has 0 aliphatic rings. The molecule has 3 N–H and O–H groups in total. The highest BCUT2D eigenvalue weighted by molar-refractivity contribution is 7.16. The summed E-state index contributed by atoms with van der Waals surface area (Å²) in [6.45, 7) is 0. The second-order valence-electron chi connectivity index (χ2n) is 2.26. The lowest BCUT2D eigenvalue weighted by Crippen LogP contribution is -2.07. The minimum Gasteiger partial charge on any atom is -0.306 e. The van der Waals surface area contributed by atoms with Crippen LogP contribution < -0.4 is 11.3 Å². The molecule has 5 heteroatoms. The van der Waals surface area contributed by atoms with Crippen LogP contribution in [0, 0.1) is 0 Å². The molecule has 0 spiro atoms. The van der Waals surface area contributed by atoms with Crippen molar-refractivity contribution in [3.05, 3.63) is 11.4 Å². The van der Waals surface area contributed by atoms with E-state index in [4.69, 9.17) is 5.84 Å². The predicted octanol–water partition coefficient (Wildman–Crippen LogP) is 0.920. The molecule has 0 amide bonds. The van der Waals surface area contributed by atoms with Crippen molar-refractivity contribution in [2.75, 3.05) is 5.43 Å². The number of nitrogens with zero attached hydrogens (tertiary/aromatic N) is 2. The number of hydrogen-bond acceptors (Lipinski definition) is 4. The van der Waals surface area contributed by atoms with Crippen molar-refractivity contribution in [3.8, 4) is 0 Å². The summed E-state index contributed by atoms with van der Waals surface area (Å²) in [6.07, 6.45) is 0. The number of aromatic nitrogens is 2. The van der Waals surface area contributed by atoms with Gasteiger partial charge in [0.2, 0.25) is 0 Å². The minimum absolute atomic E-state index is 0.740. The van der Waals surface area contributed by atoms with E-state index in [9.17, 15) is 0 Å². The first kappa shape index (κ1) is 6.63. The molecule has 0 saturated heterocycles. The average Bonchev–Trinajstić information content (AvgIpc) is 2.54. The Hall–Kier alpha value is -1.07. The van der Waals surface area contributed by atoms with Crippen molar-refractivity contribution in [3.63, 3.8) is 0 Å². The summed E-state index contributed by atoms with van der Waals surface area (Å²) in [5.74, 6) is 6.01. The third-order valence-electron chi connectivity index (χ3n) is 1.58. The van der Waals surface area contributed by atoms with Gasteiger partial charge in [-0.1, -0.05) is 0 Å². The fourth-order valence-electron chi connectivity index (χ4n) is 1.09. The van der Waals surface area contributed by atoms with Crippen LogP contribution in [0.3, 0.4) is 0 Å². The predicted molar refractivity (Wildman–Crippen MR) is 46.4 cm³/mol. The lowest BCUT2D eigenvalue weighted by molar-refractivity contribution is 0.804. The summed E-state index contributed by atoms with van der Waals surface area (Å²) in [5.41, 5.74) is 2.55. The maximum atomic E-state index is 5.27. The van der Waals surface area contributed by atoms with Gasteiger partial charge < -0.3 is 5.43 Å². The molecule has 2 aromatic heterocycles. The standard InChI is InChI=1S/C6H8N4S/c1-10-6-4(2-3-11-6)5(8-7)9-10/h2-3H,7H2,1H3,(H,8,9). The van der Waals surface area contributed by atoms with Crippen LogP contribution in [0.15, 0.2) is 11.4 Å². The lowest BCUT2D eigenvalue weighted by atomic mass is 10.4. The lowest BCUT2D eigenvalue weighted by Gasteiger charge is -1.89. The molecule has 0 aliphatic carbocycles. The van der Waals surface area contributed by atoms with Crippen molar-refractivity contribution in [1.29, 1.82) is 0 Å². The van der Waals surface area contributed by atoms with E-state index in [1.807, 2.05) is 23.2 Å². The maximum absolute atomic E-state index is 5.27. The molecule has 58 valence electrons. The molecule has 0 aromatic carbocycles. The van der Waals surface area contributed by atoms with E-state index in [2.05, 4.69) is 10.5 Å². The van der Waals surface area contributed by atoms with E-state index in [0.29, 0.717) is 0 Å². The summed E-state index contributed by atoms with van der Waals surface area (Å²) >= 11 is 1.66. The zero-order valence-electron chi connectivity index (χ0n) is 6.03. The highest BCUT2D eigenvalue weighted by Gasteiger charge is 2.06. The van der Waals surface area contributed by atoms with Gasteiger partial charge in [-0.25, -0.2) is 5.84 Å². The van der Waals surface area contributed by atoms with E-state index in [0.717, 1.165) is 16.0 Å². The van der Waals surface area contributed by atoms with E-state index in [-0.39, 0.29) is 0 Å². The number of thiophene rings is 1. The van der Waals surface area contributed by atoms with Crippen LogP contribution in [0.1, 0.15) is 0 Å². The number of fused-ring (bicyclic) bond motifs is 1. The summed E-state index contributed by atoms with van der Waals surface area (Å²) < 4.78 is 1.81. The first-order valence-electron chi connectivity index (χ1n) is 3.19. The highest BCUT2D eigenvalue weighted by Crippen LogP contribution is 2.25. The largest absolute Gasteiger partial charge is 0.306 e. The molecular formula is C6H8N4S. The summed E-state index contributed by atoms with van der Waals surface area (Å²) in [4.78, 5) is 1.14. The van der Waals surface area contributed by atoms with Gasteiger partial charge in [-0.3, -0.25) is 4.68 Å². The normalized spacial score (nSPS) is 10.7. The molecule has 0 atom stereocenters. The van der Waals surface area contributed by atoms with Gasteiger partial charge in [-0.2, -0.15) is 5.10 Å². The number of hydrogen-bond donors (Lipinski definition) is 2. The summed E-state index contributed by atoms with van der Waals surface area (Å²) in [7, 11) is 1.90. The van der Waals surface area contributed by atoms with Crippen molar-refractivity contribution in [1.82, 2.24) is 9.78 Å². The van der Waals surface area contributed by atoms with Gasteiger partial charge in [0.1, 0.15) is 4.83 Å². The zero-order chi connectivity index (χ0) is 7.84. The van der Waals surface area contributed by atoms with E-state index in [1.165, 1.54) is 0 Å². The van der Waals surface area contributed by atoms with E-state index in [1.54, 1.807) is 11.3 Å². The molecule has 0 aliphatic heterocycles. The number of aryl methyl sites for hydroxylation is 1. The first-order chi connectivity index (χ1) is 5.33. The Balaban J connectivity index is 2.80. The first-order valence-corrected chi connectivity index (χ1v) is 4.07. The topological polar surface area (TPSA) is 55.9 Å². The van der Waals surface area contributed by atoms with Gasteiger partial charge in [-0.05, 0) is 11.4 Å². The van der Waals surface area contributed by atoms with Gasteiger partial charge in [0.05, 0.1) is 5.39 Å². The second-order valence-corrected chi connectivity index (χ2v) is 3.15. The Morgan fingerprint density at radius 3 is 3.27 bits per heavy atom. The number of anilines is 1. The SMILES string of the molecule is Cn1nc(NN)c2ccsc21. The molecule has 0 radical (unpaired) electrons. The molecular weight excluding hydrogens is 160 g/mol. The minimum atomic E-state index is 0.740. The van der Waals surface area contributed by atoms with E-state index < -0.39 is 0 Å². The van der Waals surface area contributed by atoms with Gasteiger partial charge in [-0.15, -0.1) is 11.3 Å². The summed E-state index contributed by atoms with van der Waals surface area (Å²) in [6, 6.07) is 2.00. The number of nitrogen functional groups attached to an aromatic ring is 1. The van der Waals surface area contributed by atoms with E-state index >= 15 is 0 Å². The van der Waals surface area contributed by atoms with Crippen molar-refractivity contribution >= 4 is 27.4 Å². The van der Waals surface area contributed by atoms with Crippen LogP contribution in [0.4, 0.5) is 5.82 Å². The Kier molecular flexibility index (Phi) is 1.33. The molecule has 0 unspecified atom stereocenters. The zero-order valence-corrected chi connectivity index (χ0v) is 6.85. The number of nitrogens with one attached hydrogen (secondary N) is 1. The fourth-order valence-corrected chi connectivity index (χ4v) is 1.91. The molecule has 4 nitrogen and oxygen atoms in total. The molecule has 0 bridgehead atoms. The maximum Gasteiger partial charge on any atom is 0.170 e. The quantitative estimate of drug-likeness (QED) is 0.491. The highest BCUT2D eigenvalue weighted by atomic mass is 32.1. The van der Waals surface area contributed by atoms with Crippen molar-refractivity contribution in [2.24, 2.45) is 12.9 Å². The smallest absolute Gasteiger partial charge is 0.170 e. The third-order valence-corrected chi connectivity index (χ3v) is 2.56.